The van der Waals surface area contributed by atoms with E-state index in [1.54, 1.807) is 48.2 Å². The maximum absolute atomic E-state index is 12.8. The lowest BCUT2D eigenvalue weighted by molar-refractivity contribution is 0.0950. The van der Waals surface area contributed by atoms with Crippen molar-refractivity contribution in [3.8, 4) is 0 Å². The SMILES string of the molecule is C=CCSc1ccccc1C(=O)Nc1ccccc1C(=O)NCC(C)C. The van der Waals surface area contributed by atoms with Gasteiger partial charge in [0.25, 0.3) is 11.8 Å². The summed E-state index contributed by atoms with van der Waals surface area (Å²) in [7, 11) is 0. The highest BCUT2D eigenvalue weighted by Gasteiger charge is 2.16. The van der Waals surface area contributed by atoms with Crippen LogP contribution in [0.25, 0.3) is 0 Å². The van der Waals surface area contributed by atoms with Gasteiger partial charge in [0.2, 0.25) is 0 Å². The largest absolute Gasteiger partial charge is 0.352 e. The molecule has 26 heavy (non-hydrogen) atoms. The number of para-hydroxylation sites is 1. The molecule has 0 unspecified atom stereocenters. The van der Waals surface area contributed by atoms with Crippen LogP contribution in [0.1, 0.15) is 34.6 Å². The van der Waals surface area contributed by atoms with E-state index in [0.717, 1.165) is 10.6 Å². The molecule has 0 saturated heterocycles. The second kappa shape index (κ2) is 9.82. The second-order valence-corrected chi connectivity index (χ2v) is 7.26. The molecule has 0 aromatic heterocycles. The molecule has 2 amide bonds. The lowest BCUT2D eigenvalue weighted by atomic mass is 10.1. The third kappa shape index (κ3) is 5.49. The first-order valence-corrected chi connectivity index (χ1v) is 9.52. The monoisotopic (exact) mass is 368 g/mol. The third-order valence-electron chi connectivity index (χ3n) is 3.58. The molecule has 136 valence electrons. The smallest absolute Gasteiger partial charge is 0.256 e. The first-order chi connectivity index (χ1) is 12.5. The fourth-order valence-electron chi connectivity index (χ4n) is 2.30. The zero-order valence-corrected chi connectivity index (χ0v) is 15.9. The van der Waals surface area contributed by atoms with Crippen molar-refractivity contribution in [2.75, 3.05) is 17.6 Å². The lowest BCUT2D eigenvalue weighted by Crippen LogP contribution is -2.28. The van der Waals surface area contributed by atoms with Gasteiger partial charge in [0, 0.05) is 17.2 Å². The molecule has 0 radical (unpaired) electrons. The van der Waals surface area contributed by atoms with E-state index in [2.05, 4.69) is 17.2 Å². The van der Waals surface area contributed by atoms with Crippen LogP contribution in [0.3, 0.4) is 0 Å². The summed E-state index contributed by atoms with van der Waals surface area (Å²) in [4.78, 5) is 26.1. The second-order valence-electron chi connectivity index (χ2n) is 6.20. The van der Waals surface area contributed by atoms with Gasteiger partial charge in [-0.25, -0.2) is 0 Å². The number of hydrogen-bond donors (Lipinski definition) is 2. The molecule has 2 aromatic carbocycles. The summed E-state index contributed by atoms with van der Waals surface area (Å²) in [6.45, 7) is 8.37. The number of carbonyl (C=O) groups is 2. The minimum Gasteiger partial charge on any atom is -0.352 e. The molecule has 2 aromatic rings. The number of hydrogen-bond acceptors (Lipinski definition) is 3. The molecule has 2 rings (SSSR count). The van der Waals surface area contributed by atoms with E-state index < -0.39 is 0 Å². The lowest BCUT2D eigenvalue weighted by Gasteiger charge is -2.13. The molecule has 4 nitrogen and oxygen atoms in total. The van der Waals surface area contributed by atoms with Gasteiger partial charge in [-0.15, -0.1) is 18.3 Å². The van der Waals surface area contributed by atoms with E-state index in [1.807, 2.05) is 32.0 Å². The molecule has 0 bridgehead atoms. The maximum atomic E-state index is 12.8. The van der Waals surface area contributed by atoms with Crippen molar-refractivity contribution >= 4 is 29.3 Å². The third-order valence-corrected chi connectivity index (χ3v) is 4.65. The Bertz CT molecular complexity index is 787. The van der Waals surface area contributed by atoms with Crippen molar-refractivity contribution < 1.29 is 9.59 Å². The standard InChI is InChI=1S/C21H24N2O2S/c1-4-13-26-19-12-8-6-10-17(19)21(25)23-18-11-7-5-9-16(18)20(24)22-14-15(2)3/h4-12,15H,1,13-14H2,2-3H3,(H,22,24)(H,23,25). The summed E-state index contributed by atoms with van der Waals surface area (Å²) >= 11 is 1.55. The van der Waals surface area contributed by atoms with Crippen LogP contribution in [0.15, 0.2) is 66.1 Å². The van der Waals surface area contributed by atoms with E-state index in [9.17, 15) is 9.59 Å². The highest BCUT2D eigenvalue weighted by molar-refractivity contribution is 7.99. The number of anilines is 1. The van der Waals surface area contributed by atoms with Crippen LogP contribution in [0.2, 0.25) is 0 Å². The fraction of sp³-hybridized carbons (Fsp3) is 0.238. The number of benzene rings is 2. The van der Waals surface area contributed by atoms with Crippen LogP contribution < -0.4 is 10.6 Å². The zero-order chi connectivity index (χ0) is 18.9. The summed E-state index contributed by atoms with van der Waals surface area (Å²) in [5, 5.41) is 5.76. The van der Waals surface area contributed by atoms with Gasteiger partial charge in [-0.2, -0.15) is 0 Å². The van der Waals surface area contributed by atoms with E-state index in [-0.39, 0.29) is 11.8 Å². The van der Waals surface area contributed by atoms with Crippen LogP contribution in [0.5, 0.6) is 0 Å². The number of amides is 2. The Labute approximate surface area is 159 Å². The van der Waals surface area contributed by atoms with Gasteiger partial charge in [0.05, 0.1) is 16.8 Å². The van der Waals surface area contributed by atoms with Gasteiger partial charge in [-0.1, -0.05) is 44.2 Å². The van der Waals surface area contributed by atoms with Gasteiger partial charge in [-0.05, 0) is 30.2 Å². The number of rotatable bonds is 8. The molecule has 0 aliphatic carbocycles. The normalized spacial score (nSPS) is 10.4. The van der Waals surface area contributed by atoms with E-state index in [0.29, 0.717) is 29.3 Å². The van der Waals surface area contributed by atoms with Gasteiger partial charge in [0.15, 0.2) is 0 Å². The summed E-state index contributed by atoms with van der Waals surface area (Å²) < 4.78 is 0. The quantitative estimate of drug-likeness (QED) is 0.529. The molecule has 2 N–H and O–H groups in total. The topological polar surface area (TPSA) is 58.2 Å². The van der Waals surface area contributed by atoms with Crippen LogP contribution >= 0.6 is 11.8 Å². The van der Waals surface area contributed by atoms with E-state index in [4.69, 9.17) is 0 Å². The van der Waals surface area contributed by atoms with Gasteiger partial charge in [-0.3, -0.25) is 9.59 Å². The molecule has 5 heteroatoms. The highest BCUT2D eigenvalue weighted by atomic mass is 32.2. The van der Waals surface area contributed by atoms with Crippen molar-refractivity contribution in [2.24, 2.45) is 5.92 Å². The Balaban J connectivity index is 2.20. The van der Waals surface area contributed by atoms with Crippen LogP contribution in [0.4, 0.5) is 5.69 Å². The van der Waals surface area contributed by atoms with E-state index in [1.165, 1.54) is 0 Å². The maximum Gasteiger partial charge on any atom is 0.256 e. The molecule has 0 saturated carbocycles. The van der Waals surface area contributed by atoms with Gasteiger partial charge >= 0.3 is 0 Å². The first-order valence-electron chi connectivity index (χ1n) is 8.54. The number of thioether (sulfide) groups is 1. The Kier molecular flexibility index (Phi) is 7.48. The van der Waals surface area contributed by atoms with Crippen LogP contribution in [0, 0.1) is 5.92 Å². The Morgan fingerprint density at radius 1 is 1.04 bits per heavy atom. The first kappa shape index (κ1) is 19.8. The van der Waals surface area contributed by atoms with Crippen molar-refractivity contribution in [3.05, 3.63) is 72.3 Å². The summed E-state index contributed by atoms with van der Waals surface area (Å²) in [6.07, 6.45) is 1.80. The fourth-order valence-corrected chi connectivity index (χ4v) is 3.09. The van der Waals surface area contributed by atoms with E-state index >= 15 is 0 Å². The summed E-state index contributed by atoms with van der Waals surface area (Å²) in [6, 6.07) is 14.4. The number of carbonyl (C=O) groups excluding carboxylic acids is 2. The number of nitrogens with one attached hydrogen (secondary N) is 2. The molecular weight excluding hydrogens is 344 g/mol. The van der Waals surface area contributed by atoms with Crippen molar-refractivity contribution in [2.45, 2.75) is 18.7 Å². The Hall–Kier alpha value is -2.53. The Morgan fingerprint density at radius 3 is 2.38 bits per heavy atom. The molecule has 0 aliphatic rings. The predicted molar refractivity (Wildman–Crippen MR) is 109 cm³/mol. The Morgan fingerprint density at radius 2 is 1.69 bits per heavy atom. The summed E-state index contributed by atoms with van der Waals surface area (Å²) in [5.74, 6) is 0.651. The average molecular weight is 369 g/mol. The predicted octanol–water partition coefficient (Wildman–Crippen LogP) is 4.60. The summed E-state index contributed by atoms with van der Waals surface area (Å²) in [5.41, 5.74) is 1.54. The molecule has 0 atom stereocenters. The van der Waals surface area contributed by atoms with Gasteiger partial charge < -0.3 is 10.6 Å². The minimum absolute atomic E-state index is 0.191. The average Bonchev–Trinajstić information content (AvgIpc) is 2.65. The van der Waals surface area contributed by atoms with Gasteiger partial charge in [0.1, 0.15) is 0 Å². The molecule has 0 spiro atoms. The molecule has 0 heterocycles. The van der Waals surface area contributed by atoms with Crippen molar-refractivity contribution in [1.82, 2.24) is 5.32 Å². The molecule has 0 fully saturated rings. The van der Waals surface area contributed by atoms with Crippen LogP contribution in [-0.2, 0) is 0 Å². The molecular formula is C21H24N2O2S. The molecule has 0 aliphatic heterocycles. The minimum atomic E-state index is -0.235. The zero-order valence-electron chi connectivity index (χ0n) is 15.1. The van der Waals surface area contributed by atoms with Crippen molar-refractivity contribution in [3.63, 3.8) is 0 Å². The van der Waals surface area contributed by atoms with Crippen LogP contribution in [-0.4, -0.2) is 24.1 Å². The van der Waals surface area contributed by atoms with Crippen molar-refractivity contribution in [1.29, 1.82) is 0 Å². The highest BCUT2D eigenvalue weighted by Crippen LogP contribution is 2.24.